The normalized spacial score (nSPS) is 10.2. The SMILES string of the molecule is Cc1ccc(-c2ccc(Cl)c(C(=O)O)c2)cc1. The van der Waals surface area contributed by atoms with Crippen LogP contribution in [-0.4, -0.2) is 11.1 Å². The second-order valence-electron chi connectivity index (χ2n) is 3.87. The monoisotopic (exact) mass is 246 g/mol. The second kappa shape index (κ2) is 4.60. The van der Waals surface area contributed by atoms with Crippen LogP contribution in [0.4, 0.5) is 0 Å². The Morgan fingerprint density at radius 3 is 2.24 bits per heavy atom. The Hall–Kier alpha value is -1.80. The van der Waals surface area contributed by atoms with E-state index >= 15 is 0 Å². The van der Waals surface area contributed by atoms with Crippen LogP contribution in [0.25, 0.3) is 11.1 Å². The predicted molar refractivity (Wildman–Crippen MR) is 68.6 cm³/mol. The van der Waals surface area contributed by atoms with Gasteiger partial charge in [-0.2, -0.15) is 0 Å². The van der Waals surface area contributed by atoms with E-state index in [1.807, 2.05) is 37.3 Å². The molecule has 2 aromatic rings. The van der Waals surface area contributed by atoms with Crippen molar-refractivity contribution in [3.63, 3.8) is 0 Å². The number of carbonyl (C=O) groups is 1. The lowest BCUT2D eigenvalue weighted by Gasteiger charge is -2.05. The molecule has 0 amide bonds. The van der Waals surface area contributed by atoms with Gasteiger partial charge in [0.05, 0.1) is 10.6 Å². The minimum atomic E-state index is -1.01. The molecule has 17 heavy (non-hydrogen) atoms. The summed E-state index contributed by atoms with van der Waals surface area (Å²) in [5, 5.41) is 9.25. The first-order valence-electron chi connectivity index (χ1n) is 5.18. The van der Waals surface area contributed by atoms with Gasteiger partial charge in [0.2, 0.25) is 0 Å². The topological polar surface area (TPSA) is 37.3 Å². The Morgan fingerprint density at radius 1 is 1.06 bits per heavy atom. The van der Waals surface area contributed by atoms with Gasteiger partial charge >= 0.3 is 5.97 Å². The zero-order valence-electron chi connectivity index (χ0n) is 9.27. The Morgan fingerprint density at radius 2 is 1.65 bits per heavy atom. The van der Waals surface area contributed by atoms with Gasteiger partial charge in [-0.05, 0) is 30.2 Å². The summed E-state index contributed by atoms with van der Waals surface area (Å²) in [6, 6.07) is 12.9. The van der Waals surface area contributed by atoms with Gasteiger partial charge in [0, 0.05) is 0 Å². The fourth-order valence-corrected chi connectivity index (χ4v) is 1.81. The van der Waals surface area contributed by atoms with Crippen molar-refractivity contribution in [3.8, 4) is 11.1 Å². The van der Waals surface area contributed by atoms with Crippen LogP contribution in [0, 0.1) is 6.92 Å². The van der Waals surface area contributed by atoms with Gasteiger partial charge in [-0.25, -0.2) is 4.79 Å². The van der Waals surface area contributed by atoms with E-state index in [2.05, 4.69) is 0 Å². The molecule has 1 N–H and O–H groups in total. The molecular formula is C14H11ClO2. The summed E-state index contributed by atoms with van der Waals surface area (Å²) in [7, 11) is 0. The van der Waals surface area contributed by atoms with Crippen molar-refractivity contribution in [1.82, 2.24) is 0 Å². The van der Waals surface area contributed by atoms with Gasteiger partial charge in [0.1, 0.15) is 0 Å². The highest BCUT2D eigenvalue weighted by Crippen LogP contribution is 2.25. The molecule has 0 aliphatic heterocycles. The molecule has 0 saturated heterocycles. The van der Waals surface area contributed by atoms with Crippen molar-refractivity contribution in [2.24, 2.45) is 0 Å². The number of halogens is 1. The summed E-state index contributed by atoms with van der Waals surface area (Å²) in [4.78, 5) is 11.0. The second-order valence-corrected chi connectivity index (χ2v) is 4.27. The Labute approximate surface area is 104 Å². The number of carboxylic acids is 1. The van der Waals surface area contributed by atoms with Gasteiger partial charge in [-0.15, -0.1) is 0 Å². The van der Waals surface area contributed by atoms with Crippen LogP contribution in [0.2, 0.25) is 5.02 Å². The molecule has 0 bridgehead atoms. The van der Waals surface area contributed by atoms with Crippen LogP contribution >= 0.6 is 11.6 Å². The maximum absolute atomic E-state index is 11.0. The maximum atomic E-state index is 11.0. The van der Waals surface area contributed by atoms with Crippen LogP contribution < -0.4 is 0 Å². The first-order valence-corrected chi connectivity index (χ1v) is 5.55. The number of aromatic carboxylic acids is 1. The van der Waals surface area contributed by atoms with Gasteiger partial charge < -0.3 is 5.11 Å². The molecule has 3 heteroatoms. The van der Waals surface area contributed by atoms with E-state index in [-0.39, 0.29) is 10.6 Å². The fraction of sp³-hybridized carbons (Fsp3) is 0.0714. The highest BCUT2D eigenvalue weighted by Gasteiger charge is 2.09. The predicted octanol–water partition coefficient (Wildman–Crippen LogP) is 4.01. The maximum Gasteiger partial charge on any atom is 0.337 e. The quantitative estimate of drug-likeness (QED) is 0.869. The number of benzene rings is 2. The van der Waals surface area contributed by atoms with Crippen molar-refractivity contribution >= 4 is 17.6 Å². The molecule has 2 rings (SSSR count). The highest BCUT2D eigenvalue weighted by atomic mass is 35.5. The van der Waals surface area contributed by atoms with Crippen molar-refractivity contribution in [3.05, 3.63) is 58.6 Å². The summed E-state index contributed by atoms with van der Waals surface area (Å²) in [5.41, 5.74) is 3.13. The lowest BCUT2D eigenvalue weighted by molar-refractivity contribution is 0.0697. The molecule has 0 spiro atoms. The summed E-state index contributed by atoms with van der Waals surface area (Å²) < 4.78 is 0. The zero-order chi connectivity index (χ0) is 12.4. The third-order valence-corrected chi connectivity index (χ3v) is 2.91. The van der Waals surface area contributed by atoms with Crippen molar-refractivity contribution in [1.29, 1.82) is 0 Å². The van der Waals surface area contributed by atoms with Gasteiger partial charge in [-0.3, -0.25) is 0 Å². The van der Waals surface area contributed by atoms with E-state index < -0.39 is 5.97 Å². The molecule has 86 valence electrons. The first kappa shape index (κ1) is 11.7. The first-order chi connectivity index (χ1) is 8.08. The minimum absolute atomic E-state index is 0.129. The molecule has 0 aliphatic carbocycles. The van der Waals surface area contributed by atoms with Crippen LogP contribution in [0.15, 0.2) is 42.5 Å². The summed E-state index contributed by atoms with van der Waals surface area (Å²) in [6.45, 7) is 2.01. The van der Waals surface area contributed by atoms with E-state index in [4.69, 9.17) is 16.7 Å². The minimum Gasteiger partial charge on any atom is -0.478 e. The highest BCUT2D eigenvalue weighted by molar-refractivity contribution is 6.33. The van der Waals surface area contributed by atoms with Crippen LogP contribution in [0.3, 0.4) is 0 Å². The third kappa shape index (κ3) is 2.48. The van der Waals surface area contributed by atoms with E-state index in [0.29, 0.717) is 0 Å². The van der Waals surface area contributed by atoms with Crippen molar-refractivity contribution < 1.29 is 9.90 Å². The van der Waals surface area contributed by atoms with E-state index in [9.17, 15) is 4.79 Å². The van der Waals surface area contributed by atoms with Crippen LogP contribution in [0.1, 0.15) is 15.9 Å². The number of aryl methyl sites for hydroxylation is 1. The van der Waals surface area contributed by atoms with Gasteiger partial charge in [-0.1, -0.05) is 47.5 Å². The number of hydrogen-bond acceptors (Lipinski definition) is 1. The number of rotatable bonds is 2. The fourth-order valence-electron chi connectivity index (χ4n) is 1.61. The molecule has 2 nitrogen and oxygen atoms in total. The van der Waals surface area contributed by atoms with Crippen LogP contribution in [-0.2, 0) is 0 Å². The summed E-state index contributed by atoms with van der Waals surface area (Å²) >= 11 is 5.82. The smallest absolute Gasteiger partial charge is 0.337 e. The molecule has 0 aromatic heterocycles. The van der Waals surface area contributed by atoms with E-state index in [0.717, 1.165) is 11.1 Å². The molecule has 0 unspecified atom stereocenters. The molecule has 0 aliphatic rings. The van der Waals surface area contributed by atoms with Crippen molar-refractivity contribution in [2.75, 3.05) is 0 Å². The van der Waals surface area contributed by atoms with E-state index in [1.165, 1.54) is 5.56 Å². The summed E-state index contributed by atoms with van der Waals surface area (Å²) in [5.74, 6) is -1.01. The summed E-state index contributed by atoms with van der Waals surface area (Å²) in [6.07, 6.45) is 0. The molecule has 0 saturated carbocycles. The Kier molecular flexibility index (Phi) is 3.16. The molecule has 0 atom stereocenters. The van der Waals surface area contributed by atoms with Crippen LogP contribution in [0.5, 0.6) is 0 Å². The molecule has 2 aromatic carbocycles. The Balaban J connectivity index is 2.50. The number of hydrogen-bond donors (Lipinski definition) is 1. The largest absolute Gasteiger partial charge is 0.478 e. The third-order valence-electron chi connectivity index (χ3n) is 2.58. The lowest BCUT2D eigenvalue weighted by Crippen LogP contribution is -1.97. The zero-order valence-corrected chi connectivity index (χ0v) is 10.0. The molecule has 0 heterocycles. The lowest BCUT2D eigenvalue weighted by atomic mass is 10.0. The van der Waals surface area contributed by atoms with Gasteiger partial charge in [0.25, 0.3) is 0 Å². The molecule has 0 fully saturated rings. The molecular weight excluding hydrogens is 236 g/mol. The number of carboxylic acid groups (broad SMARTS) is 1. The standard InChI is InChI=1S/C14H11ClO2/c1-9-2-4-10(5-3-9)11-6-7-13(15)12(8-11)14(16)17/h2-8H,1H3,(H,16,17). The average molecular weight is 247 g/mol. The van der Waals surface area contributed by atoms with Crippen molar-refractivity contribution in [2.45, 2.75) is 6.92 Å². The van der Waals surface area contributed by atoms with E-state index in [1.54, 1.807) is 12.1 Å². The average Bonchev–Trinajstić information content (AvgIpc) is 2.30. The Bertz CT molecular complexity index is 559. The van der Waals surface area contributed by atoms with Gasteiger partial charge in [0.15, 0.2) is 0 Å². The molecule has 0 radical (unpaired) electrons.